The summed E-state index contributed by atoms with van der Waals surface area (Å²) in [5.41, 5.74) is 5.40. The average Bonchev–Trinajstić information content (AvgIpc) is 2.68. The fraction of sp³-hybridized carbons (Fsp3) is 0.286. The highest BCUT2D eigenvalue weighted by atomic mass is 32.2. The zero-order valence-corrected chi connectivity index (χ0v) is 19.9. The van der Waals surface area contributed by atoms with Crippen LogP contribution in [0.1, 0.15) is 20.3 Å². The van der Waals surface area contributed by atoms with Crippen LogP contribution in [0.15, 0.2) is 70.5 Å². The first-order valence-electron chi connectivity index (χ1n) is 9.25. The Morgan fingerprint density at radius 2 is 1.40 bits per heavy atom. The second-order valence-corrected chi connectivity index (χ2v) is 10.3. The van der Waals surface area contributed by atoms with E-state index in [0.717, 1.165) is 9.79 Å². The van der Waals surface area contributed by atoms with Crippen molar-refractivity contribution in [3.8, 4) is 0 Å². The van der Waals surface area contributed by atoms with Crippen LogP contribution in [-0.4, -0.2) is 45.1 Å². The maximum Gasteiger partial charge on any atom is 0.248 e. The minimum absolute atomic E-state index is 0.306. The summed E-state index contributed by atoms with van der Waals surface area (Å²) in [5.74, 6) is -0.834. The number of thiocarbonyl (C=S) groups is 1. The molecule has 2 amide bonds. The van der Waals surface area contributed by atoms with E-state index in [-0.39, 0.29) is 6.42 Å². The number of hydrogen-bond acceptors (Lipinski definition) is 6. The highest BCUT2D eigenvalue weighted by molar-refractivity contribution is 8.22. The molecule has 0 atom stereocenters. The summed E-state index contributed by atoms with van der Waals surface area (Å²) >= 11 is 8.31. The molecule has 0 radical (unpaired) electrons. The molecular weight excluding hydrogens is 436 g/mol. The van der Waals surface area contributed by atoms with Crippen molar-refractivity contribution in [2.75, 3.05) is 14.1 Å². The number of hydrazine groups is 2. The van der Waals surface area contributed by atoms with Crippen LogP contribution in [0.5, 0.6) is 0 Å². The van der Waals surface area contributed by atoms with E-state index in [1.54, 1.807) is 30.9 Å². The summed E-state index contributed by atoms with van der Waals surface area (Å²) in [6.07, 6.45) is -0.306. The highest BCUT2D eigenvalue weighted by Gasteiger charge is 2.27. The van der Waals surface area contributed by atoms with Gasteiger partial charge in [0.05, 0.1) is 4.87 Å². The van der Waals surface area contributed by atoms with Crippen LogP contribution in [0.25, 0.3) is 0 Å². The van der Waals surface area contributed by atoms with Crippen molar-refractivity contribution >= 4 is 51.9 Å². The summed E-state index contributed by atoms with van der Waals surface area (Å²) in [5, 5.41) is 3.15. The Kier molecular flexibility index (Phi) is 9.16. The summed E-state index contributed by atoms with van der Waals surface area (Å²) < 4.78 is 0.479. The summed E-state index contributed by atoms with van der Waals surface area (Å²) in [4.78, 5) is 26.2. The van der Waals surface area contributed by atoms with Gasteiger partial charge in [0.15, 0.2) is 4.32 Å². The summed E-state index contributed by atoms with van der Waals surface area (Å²) in [6, 6.07) is 19.6. The highest BCUT2D eigenvalue weighted by Crippen LogP contribution is 2.33. The zero-order chi connectivity index (χ0) is 22.1. The van der Waals surface area contributed by atoms with Crippen molar-refractivity contribution in [1.82, 2.24) is 20.9 Å². The van der Waals surface area contributed by atoms with Gasteiger partial charge in [0, 0.05) is 23.9 Å². The molecule has 0 spiro atoms. The predicted octanol–water partition coefficient (Wildman–Crippen LogP) is 3.91. The lowest BCUT2D eigenvalue weighted by atomic mass is 10.3. The van der Waals surface area contributed by atoms with Gasteiger partial charge in [0.25, 0.3) is 0 Å². The van der Waals surface area contributed by atoms with Gasteiger partial charge in [-0.05, 0) is 38.1 Å². The summed E-state index contributed by atoms with van der Waals surface area (Å²) in [6.45, 7) is 4.00. The molecule has 0 fully saturated rings. The molecule has 0 unspecified atom stereocenters. The monoisotopic (exact) mass is 462 g/mol. The minimum atomic E-state index is -0.437. The third-order valence-corrected chi connectivity index (χ3v) is 6.81. The number of rotatable bonds is 7. The third-order valence-electron chi connectivity index (χ3n) is 4.05. The second-order valence-electron chi connectivity index (χ2n) is 6.91. The van der Waals surface area contributed by atoms with Crippen molar-refractivity contribution in [3.63, 3.8) is 0 Å². The molecule has 2 aromatic carbocycles. The van der Waals surface area contributed by atoms with Crippen molar-refractivity contribution in [2.45, 2.75) is 34.9 Å². The number of nitrogens with one attached hydrogen (secondary N) is 2. The van der Waals surface area contributed by atoms with E-state index in [2.05, 4.69) is 10.9 Å². The van der Waals surface area contributed by atoms with Gasteiger partial charge in [-0.1, -0.05) is 60.4 Å². The normalized spacial score (nSPS) is 11.1. The second kappa shape index (κ2) is 11.4. The number of nitrogens with zero attached hydrogens (tertiary/aromatic N) is 2. The molecule has 2 rings (SSSR count). The maximum atomic E-state index is 12.3. The molecule has 0 aromatic heterocycles. The molecular formula is C21H26N4O2S3. The minimum Gasteiger partial charge on any atom is -0.287 e. The lowest BCUT2D eigenvalue weighted by molar-refractivity contribution is -0.133. The zero-order valence-electron chi connectivity index (χ0n) is 17.4. The number of benzene rings is 2. The average molecular weight is 463 g/mol. The Labute approximate surface area is 191 Å². The van der Waals surface area contributed by atoms with Gasteiger partial charge >= 0.3 is 0 Å². The van der Waals surface area contributed by atoms with Gasteiger partial charge in [-0.3, -0.25) is 25.4 Å². The lowest BCUT2D eigenvalue weighted by Gasteiger charge is -2.35. The summed E-state index contributed by atoms with van der Waals surface area (Å²) in [7, 11) is 3.43. The molecule has 0 heterocycles. The van der Waals surface area contributed by atoms with Gasteiger partial charge in [-0.25, -0.2) is 5.01 Å². The number of hydrogen-bond donors (Lipinski definition) is 2. The first kappa shape index (κ1) is 24.2. The van der Waals surface area contributed by atoms with Crippen LogP contribution < -0.4 is 10.9 Å². The molecule has 160 valence electrons. The van der Waals surface area contributed by atoms with Crippen LogP contribution >= 0.6 is 35.7 Å². The van der Waals surface area contributed by atoms with Crippen LogP contribution in [0.4, 0.5) is 0 Å². The van der Waals surface area contributed by atoms with E-state index < -0.39 is 16.7 Å². The first-order chi connectivity index (χ1) is 14.2. The van der Waals surface area contributed by atoms with Crippen molar-refractivity contribution in [3.05, 3.63) is 60.7 Å². The van der Waals surface area contributed by atoms with Gasteiger partial charge in [-0.15, -0.1) is 11.8 Å². The van der Waals surface area contributed by atoms with E-state index in [1.807, 2.05) is 74.5 Å². The van der Waals surface area contributed by atoms with Crippen molar-refractivity contribution < 1.29 is 9.59 Å². The van der Waals surface area contributed by atoms with Crippen LogP contribution in [0.3, 0.4) is 0 Å². The van der Waals surface area contributed by atoms with Crippen LogP contribution in [0.2, 0.25) is 0 Å². The van der Waals surface area contributed by atoms with E-state index in [1.165, 1.54) is 16.8 Å². The standard InChI is InChI=1S/C21H26N4O2S3/c1-21(2,30-17-13-9-6-10-14-17)25(4)23-19(27)15-18(26)22-24(3)20(28)29-16-11-7-5-8-12-16/h5-14H,15H2,1-4H3,(H,22,26)(H,23,27). The molecule has 9 heteroatoms. The molecule has 0 aliphatic rings. The van der Waals surface area contributed by atoms with E-state index >= 15 is 0 Å². The third kappa shape index (κ3) is 7.98. The van der Waals surface area contributed by atoms with Gasteiger partial charge in [0.2, 0.25) is 11.8 Å². The fourth-order valence-electron chi connectivity index (χ4n) is 2.28. The number of thioether (sulfide) groups is 2. The molecule has 0 aliphatic carbocycles. The van der Waals surface area contributed by atoms with Gasteiger partial charge in [-0.2, -0.15) is 0 Å². The quantitative estimate of drug-likeness (QED) is 0.213. The Balaban J connectivity index is 1.80. The molecule has 0 saturated heterocycles. The Morgan fingerprint density at radius 1 is 0.900 bits per heavy atom. The Morgan fingerprint density at radius 3 is 1.97 bits per heavy atom. The van der Waals surface area contributed by atoms with Crippen molar-refractivity contribution in [1.29, 1.82) is 0 Å². The van der Waals surface area contributed by atoms with E-state index in [0.29, 0.717) is 4.32 Å². The topological polar surface area (TPSA) is 64.7 Å². The largest absolute Gasteiger partial charge is 0.287 e. The number of amides is 2. The van der Waals surface area contributed by atoms with Crippen LogP contribution in [-0.2, 0) is 9.59 Å². The van der Waals surface area contributed by atoms with Crippen molar-refractivity contribution in [2.24, 2.45) is 0 Å². The molecule has 2 N–H and O–H groups in total. The molecule has 0 bridgehead atoms. The van der Waals surface area contributed by atoms with E-state index in [4.69, 9.17) is 12.2 Å². The first-order valence-corrected chi connectivity index (χ1v) is 11.3. The van der Waals surface area contributed by atoms with Gasteiger partial charge < -0.3 is 0 Å². The molecule has 2 aromatic rings. The Hall–Kier alpha value is -2.07. The number of carbonyl (C=O) groups is 2. The molecule has 0 aliphatic heterocycles. The lowest BCUT2D eigenvalue weighted by Crippen LogP contribution is -2.51. The number of carbonyl (C=O) groups excluding carboxylic acids is 2. The van der Waals surface area contributed by atoms with Gasteiger partial charge in [0.1, 0.15) is 6.42 Å². The molecule has 30 heavy (non-hydrogen) atoms. The molecule has 0 saturated carbocycles. The maximum absolute atomic E-state index is 12.3. The van der Waals surface area contributed by atoms with E-state index in [9.17, 15) is 9.59 Å². The predicted molar refractivity (Wildman–Crippen MR) is 128 cm³/mol. The smallest absolute Gasteiger partial charge is 0.248 e. The van der Waals surface area contributed by atoms with Crippen LogP contribution in [0, 0.1) is 0 Å². The Bertz CT molecular complexity index is 863. The SMILES string of the molecule is CN(NC(=O)CC(=O)NN(C)C(C)(C)Sc1ccccc1)C(=S)Sc1ccccc1. The fourth-order valence-corrected chi connectivity index (χ4v) is 4.35. The molecule has 6 nitrogen and oxygen atoms in total.